The molecule has 3 N–H and O–H groups in total. The molecule has 1 aromatic rings. The number of halogens is 1. The fourth-order valence-electron chi connectivity index (χ4n) is 1.41. The lowest BCUT2D eigenvalue weighted by Crippen LogP contribution is -2.39. The van der Waals surface area contributed by atoms with Gasteiger partial charge in [-0.1, -0.05) is 19.9 Å². The molecule has 0 bridgehead atoms. The molecule has 3 unspecified atom stereocenters. The fourth-order valence-corrected chi connectivity index (χ4v) is 2.27. The number of nitrogens with two attached hydrogens (primary N) is 1. The van der Waals surface area contributed by atoms with Gasteiger partial charge in [0, 0.05) is 16.8 Å². The number of rotatable bonds is 5. The predicted molar refractivity (Wildman–Crippen MR) is 75.6 cm³/mol. The SMILES string of the molecule is CCC(NC(=O)C(C)C(C)N)c1cccs1.Cl. The van der Waals surface area contributed by atoms with Crippen LogP contribution in [-0.4, -0.2) is 11.9 Å². The summed E-state index contributed by atoms with van der Waals surface area (Å²) in [6, 6.07) is 4.06. The molecule has 17 heavy (non-hydrogen) atoms. The number of hydrogen-bond acceptors (Lipinski definition) is 3. The van der Waals surface area contributed by atoms with E-state index in [1.165, 1.54) is 4.88 Å². The van der Waals surface area contributed by atoms with Gasteiger partial charge in [-0.3, -0.25) is 4.79 Å². The summed E-state index contributed by atoms with van der Waals surface area (Å²) in [5.74, 6) is -0.107. The van der Waals surface area contributed by atoms with Crippen LogP contribution in [0.25, 0.3) is 0 Å². The average Bonchev–Trinajstić information content (AvgIpc) is 2.77. The van der Waals surface area contributed by atoms with Crippen molar-refractivity contribution in [3.05, 3.63) is 22.4 Å². The van der Waals surface area contributed by atoms with Gasteiger partial charge in [-0.15, -0.1) is 23.7 Å². The highest BCUT2D eigenvalue weighted by atomic mass is 35.5. The normalized spacial score (nSPS) is 15.5. The molecule has 3 atom stereocenters. The van der Waals surface area contributed by atoms with Crippen molar-refractivity contribution < 1.29 is 4.79 Å². The quantitative estimate of drug-likeness (QED) is 0.869. The molecule has 0 saturated carbocycles. The standard InChI is InChI=1S/C12H20N2OS.ClH/c1-4-10(11-6-5-7-16-11)14-12(15)8(2)9(3)13;/h5-10H,4,13H2,1-3H3,(H,14,15);1H. The predicted octanol–water partition coefficient (Wildman–Crippen LogP) is 2.72. The fraction of sp³-hybridized carbons (Fsp3) is 0.583. The molecule has 98 valence electrons. The van der Waals surface area contributed by atoms with E-state index in [0.717, 1.165) is 6.42 Å². The molecule has 0 aliphatic carbocycles. The Kier molecular flexibility index (Phi) is 7.43. The minimum Gasteiger partial charge on any atom is -0.348 e. The molecule has 0 fully saturated rings. The van der Waals surface area contributed by atoms with Crippen LogP contribution in [-0.2, 0) is 4.79 Å². The van der Waals surface area contributed by atoms with Crippen LogP contribution in [0.15, 0.2) is 17.5 Å². The van der Waals surface area contributed by atoms with Crippen molar-refractivity contribution in [3.63, 3.8) is 0 Å². The molecule has 0 saturated heterocycles. The lowest BCUT2D eigenvalue weighted by Gasteiger charge is -2.20. The van der Waals surface area contributed by atoms with Gasteiger partial charge < -0.3 is 11.1 Å². The molecule has 0 aliphatic rings. The van der Waals surface area contributed by atoms with Gasteiger partial charge in [0.05, 0.1) is 6.04 Å². The molecule has 1 rings (SSSR count). The minimum absolute atomic E-state index is 0. The van der Waals surface area contributed by atoms with E-state index in [1.54, 1.807) is 11.3 Å². The number of amides is 1. The van der Waals surface area contributed by atoms with Crippen LogP contribution in [0.2, 0.25) is 0 Å². The highest BCUT2D eigenvalue weighted by molar-refractivity contribution is 7.10. The zero-order valence-corrected chi connectivity index (χ0v) is 12.1. The first-order chi connectivity index (χ1) is 7.56. The summed E-state index contributed by atoms with van der Waals surface area (Å²) in [7, 11) is 0. The smallest absolute Gasteiger partial charge is 0.224 e. The number of nitrogens with one attached hydrogen (secondary N) is 1. The van der Waals surface area contributed by atoms with Crippen LogP contribution in [0.1, 0.15) is 38.1 Å². The van der Waals surface area contributed by atoms with Crippen molar-refractivity contribution in [3.8, 4) is 0 Å². The molecular formula is C12H21ClN2OS. The van der Waals surface area contributed by atoms with Crippen molar-refractivity contribution >= 4 is 29.7 Å². The molecule has 1 heterocycles. The number of carbonyl (C=O) groups is 1. The van der Waals surface area contributed by atoms with E-state index in [9.17, 15) is 4.79 Å². The summed E-state index contributed by atoms with van der Waals surface area (Å²) in [6.07, 6.45) is 0.901. The molecular weight excluding hydrogens is 256 g/mol. The molecule has 3 nitrogen and oxygen atoms in total. The van der Waals surface area contributed by atoms with E-state index in [-0.39, 0.29) is 36.3 Å². The van der Waals surface area contributed by atoms with Gasteiger partial charge in [0.25, 0.3) is 0 Å². The van der Waals surface area contributed by atoms with Gasteiger partial charge >= 0.3 is 0 Å². The Hall–Kier alpha value is -0.580. The Labute approximate surface area is 113 Å². The topological polar surface area (TPSA) is 55.1 Å². The van der Waals surface area contributed by atoms with E-state index >= 15 is 0 Å². The van der Waals surface area contributed by atoms with Gasteiger partial charge in [-0.05, 0) is 24.8 Å². The van der Waals surface area contributed by atoms with E-state index in [0.29, 0.717) is 0 Å². The maximum absolute atomic E-state index is 11.9. The maximum Gasteiger partial charge on any atom is 0.224 e. The summed E-state index contributed by atoms with van der Waals surface area (Å²) in [6.45, 7) is 5.79. The Morgan fingerprint density at radius 3 is 2.59 bits per heavy atom. The Balaban J connectivity index is 0.00000256. The first kappa shape index (κ1) is 16.4. The second kappa shape index (κ2) is 7.69. The minimum atomic E-state index is -0.144. The Morgan fingerprint density at radius 2 is 2.18 bits per heavy atom. The zero-order chi connectivity index (χ0) is 12.1. The van der Waals surface area contributed by atoms with E-state index < -0.39 is 0 Å². The lowest BCUT2D eigenvalue weighted by molar-refractivity contribution is -0.125. The van der Waals surface area contributed by atoms with Crippen LogP contribution in [0, 0.1) is 5.92 Å². The van der Waals surface area contributed by atoms with Gasteiger partial charge in [0.15, 0.2) is 0 Å². The number of carbonyl (C=O) groups excluding carboxylic acids is 1. The average molecular weight is 277 g/mol. The largest absolute Gasteiger partial charge is 0.348 e. The van der Waals surface area contributed by atoms with Crippen molar-refractivity contribution in [2.75, 3.05) is 0 Å². The van der Waals surface area contributed by atoms with Crippen molar-refractivity contribution in [2.45, 2.75) is 39.3 Å². The summed E-state index contributed by atoms with van der Waals surface area (Å²) in [5.41, 5.74) is 5.71. The summed E-state index contributed by atoms with van der Waals surface area (Å²) in [4.78, 5) is 13.1. The lowest BCUT2D eigenvalue weighted by atomic mass is 10.0. The van der Waals surface area contributed by atoms with Gasteiger partial charge in [0.2, 0.25) is 5.91 Å². The molecule has 5 heteroatoms. The Bertz CT molecular complexity index is 327. The van der Waals surface area contributed by atoms with Crippen LogP contribution in [0.3, 0.4) is 0 Å². The molecule has 0 spiro atoms. The Morgan fingerprint density at radius 1 is 1.53 bits per heavy atom. The van der Waals surface area contributed by atoms with E-state index in [2.05, 4.69) is 18.3 Å². The first-order valence-corrected chi connectivity index (χ1v) is 6.53. The molecule has 1 amide bonds. The molecule has 0 radical (unpaired) electrons. The van der Waals surface area contributed by atoms with Crippen molar-refractivity contribution in [2.24, 2.45) is 11.7 Å². The first-order valence-electron chi connectivity index (χ1n) is 5.65. The summed E-state index contributed by atoms with van der Waals surface area (Å²) >= 11 is 1.67. The van der Waals surface area contributed by atoms with Gasteiger partial charge in [-0.2, -0.15) is 0 Å². The third-order valence-corrected chi connectivity index (χ3v) is 3.80. The number of hydrogen-bond donors (Lipinski definition) is 2. The third kappa shape index (κ3) is 4.66. The van der Waals surface area contributed by atoms with Crippen LogP contribution < -0.4 is 11.1 Å². The van der Waals surface area contributed by atoms with Crippen molar-refractivity contribution in [1.82, 2.24) is 5.32 Å². The highest BCUT2D eigenvalue weighted by Gasteiger charge is 2.20. The second-order valence-electron chi connectivity index (χ2n) is 4.13. The van der Waals surface area contributed by atoms with E-state index in [1.807, 2.05) is 25.3 Å². The molecule has 0 aliphatic heterocycles. The summed E-state index contributed by atoms with van der Waals surface area (Å²) < 4.78 is 0. The monoisotopic (exact) mass is 276 g/mol. The van der Waals surface area contributed by atoms with Gasteiger partial charge in [0.1, 0.15) is 0 Å². The summed E-state index contributed by atoms with van der Waals surface area (Å²) in [5, 5.41) is 5.07. The van der Waals surface area contributed by atoms with Crippen LogP contribution >= 0.6 is 23.7 Å². The third-order valence-electron chi connectivity index (χ3n) is 2.81. The number of thiophene rings is 1. The highest BCUT2D eigenvalue weighted by Crippen LogP contribution is 2.22. The van der Waals surface area contributed by atoms with E-state index in [4.69, 9.17) is 5.73 Å². The molecule has 1 aromatic heterocycles. The second-order valence-corrected chi connectivity index (χ2v) is 5.11. The van der Waals surface area contributed by atoms with Crippen molar-refractivity contribution in [1.29, 1.82) is 0 Å². The van der Waals surface area contributed by atoms with Crippen LogP contribution in [0.5, 0.6) is 0 Å². The maximum atomic E-state index is 11.9. The van der Waals surface area contributed by atoms with Gasteiger partial charge in [-0.25, -0.2) is 0 Å². The molecule has 0 aromatic carbocycles. The van der Waals surface area contributed by atoms with Crippen LogP contribution in [0.4, 0.5) is 0 Å². The zero-order valence-electron chi connectivity index (χ0n) is 10.5.